The maximum absolute atomic E-state index is 5.98. The fourth-order valence-corrected chi connectivity index (χ4v) is 4.03. The number of rotatable bonds is 11. The number of hydrogen-bond donors (Lipinski definition) is 1. The molecule has 4 rings (SSSR count). The molecule has 3 heterocycles. The molecule has 1 aliphatic heterocycles. The van der Waals surface area contributed by atoms with Gasteiger partial charge in [0.1, 0.15) is 18.1 Å². The summed E-state index contributed by atoms with van der Waals surface area (Å²) in [5.41, 5.74) is 5.51. The van der Waals surface area contributed by atoms with Gasteiger partial charge in [-0.25, -0.2) is 4.63 Å². The zero-order valence-electron chi connectivity index (χ0n) is 19.6. The minimum atomic E-state index is 0.355. The summed E-state index contributed by atoms with van der Waals surface area (Å²) in [6, 6.07) is 2.28. The van der Waals surface area contributed by atoms with Gasteiger partial charge in [-0.05, 0) is 37.3 Å². The molecule has 0 spiro atoms. The van der Waals surface area contributed by atoms with Crippen molar-refractivity contribution in [2.75, 3.05) is 62.9 Å². The van der Waals surface area contributed by atoms with E-state index in [1.807, 2.05) is 6.07 Å². The number of fused-ring (bicyclic) bond motifs is 1. The van der Waals surface area contributed by atoms with Crippen LogP contribution in [0.15, 0.2) is 15.8 Å². The van der Waals surface area contributed by atoms with Crippen molar-refractivity contribution in [3.63, 3.8) is 0 Å². The van der Waals surface area contributed by atoms with E-state index in [0.29, 0.717) is 18.4 Å². The minimum Gasteiger partial charge on any atom is -0.462 e. The maximum Gasteiger partial charge on any atom is 0.320 e. The van der Waals surface area contributed by atoms with Crippen molar-refractivity contribution < 1.29 is 14.1 Å². The lowest BCUT2D eigenvalue weighted by molar-refractivity contribution is 0.0317. The number of ether oxygens (including phenoxy) is 2. The van der Waals surface area contributed by atoms with Crippen molar-refractivity contribution in [3.8, 4) is 6.01 Å². The molecule has 11 nitrogen and oxygen atoms in total. The van der Waals surface area contributed by atoms with Gasteiger partial charge in [-0.1, -0.05) is 19.0 Å². The highest BCUT2D eigenvalue weighted by Crippen LogP contribution is 2.22. The van der Waals surface area contributed by atoms with Crippen LogP contribution in [-0.2, 0) is 11.2 Å². The second-order valence-corrected chi connectivity index (χ2v) is 8.27. The molecular weight excluding hydrogens is 424 g/mol. The summed E-state index contributed by atoms with van der Waals surface area (Å²) in [6.07, 6.45) is 4.70. The van der Waals surface area contributed by atoms with Crippen LogP contribution in [0.2, 0.25) is 0 Å². The number of hydrogen-bond acceptors (Lipinski definition) is 11. The predicted molar refractivity (Wildman–Crippen MR) is 125 cm³/mol. The Balaban J connectivity index is 1.50. The Labute approximate surface area is 194 Å². The highest BCUT2D eigenvalue weighted by Gasteiger charge is 2.21. The second-order valence-electron chi connectivity index (χ2n) is 8.27. The third-order valence-electron chi connectivity index (χ3n) is 5.71. The molecule has 1 fully saturated rings. The average molecular weight is 459 g/mol. The van der Waals surface area contributed by atoms with Crippen molar-refractivity contribution in [3.05, 3.63) is 17.5 Å². The van der Waals surface area contributed by atoms with E-state index < -0.39 is 0 Å². The standard InChI is InChI=1S/C22H34N8O3/c1-3-8-30(9-4-2)20-16-19(26-25-17-6-5-7-18-21(17)28-33-27-18)23-22(24-20)32-15-12-29-10-13-31-14-11-29/h16H,3-15H2,1-2H3,(H,23,24,26)/b25-17+. The Hall–Kier alpha value is -2.79. The van der Waals surface area contributed by atoms with Crippen molar-refractivity contribution >= 4 is 17.3 Å². The first-order chi connectivity index (χ1) is 16.3. The van der Waals surface area contributed by atoms with E-state index in [1.54, 1.807) is 0 Å². The second kappa shape index (κ2) is 11.9. The summed E-state index contributed by atoms with van der Waals surface area (Å²) in [6.45, 7) is 10.9. The van der Waals surface area contributed by atoms with E-state index in [-0.39, 0.29) is 0 Å². The Morgan fingerprint density at radius 2 is 1.94 bits per heavy atom. The van der Waals surface area contributed by atoms with E-state index in [4.69, 9.17) is 19.1 Å². The van der Waals surface area contributed by atoms with Gasteiger partial charge in [0.15, 0.2) is 11.5 Å². The first kappa shape index (κ1) is 23.4. The first-order valence-electron chi connectivity index (χ1n) is 12.0. The highest BCUT2D eigenvalue weighted by molar-refractivity contribution is 6.00. The lowest BCUT2D eigenvalue weighted by Gasteiger charge is -2.26. The quantitative estimate of drug-likeness (QED) is 0.503. The maximum atomic E-state index is 5.98. The molecule has 1 N–H and O–H groups in total. The van der Waals surface area contributed by atoms with Gasteiger partial charge < -0.3 is 14.4 Å². The van der Waals surface area contributed by atoms with Gasteiger partial charge in [-0.15, -0.1) is 0 Å². The Bertz CT molecular complexity index is 907. The average Bonchev–Trinajstić information content (AvgIpc) is 3.33. The minimum absolute atomic E-state index is 0.355. The molecule has 11 heteroatoms. The fourth-order valence-electron chi connectivity index (χ4n) is 4.03. The molecular formula is C22H34N8O3. The SMILES string of the molecule is CCCN(CCC)c1cc(N/N=C2\CCCc3nonc32)nc(OCCN2CCOCC2)n1. The summed E-state index contributed by atoms with van der Waals surface area (Å²) in [7, 11) is 0. The molecule has 0 saturated carbocycles. The van der Waals surface area contributed by atoms with Crippen molar-refractivity contribution in [2.24, 2.45) is 5.10 Å². The molecule has 0 radical (unpaired) electrons. The molecule has 33 heavy (non-hydrogen) atoms. The van der Waals surface area contributed by atoms with E-state index in [0.717, 1.165) is 101 Å². The molecule has 2 aromatic rings. The van der Waals surface area contributed by atoms with Crippen LogP contribution in [-0.4, -0.2) is 83.4 Å². The summed E-state index contributed by atoms with van der Waals surface area (Å²) in [4.78, 5) is 13.8. The van der Waals surface area contributed by atoms with Crippen molar-refractivity contribution in [2.45, 2.75) is 46.0 Å². The normalized spacial score (nSPS) is 17.7. The lowest BCUT2D eigenvalue weighted by Crippen LogP contribution is -2.38. The molecule has 2 aromatic heterocycles. The van der Waals surface area contributed by atoms with Crippen LogP contribution in [0.5, 0.6) is 6.01 Å². The topological polar surface area (TPSA) is 114 Å². The summed E-state index contributed by atoms with van der Waals surface area (Å²) in [5.74, 6) is 1.43. The van der Waals surface area contributed by atoms with Gasteiger partial charge >= 0.3 is 6.01 Å². The van der Waals surface area contributed by atoms with Gasteiger partial charge in [0.25, 0.3) is 0 Å². The molecule has 0 atom stereocenters. The van der Waals surface area contributed by atoms with E-state index in [2.05, 4.69) is 49.5 Å². The van der Waals surface area contributed by atoms with Gasteiger partial charge in [0.2, 0.25) is 0 Å². The van der Waals surface area contributed by atoms with Crippen LogP contribution < -0.4 is 15.1 Å². The van der Waals surface area contributed by atoms with E-state index in [9.17, 15) is 0 Å². The number of morpholine rings is 1. The van der Waals surface area contributed by atoms with E-state index in [1.165, 1.54) is 0 Å². The fraction of sp³-hybridized carbons (Fsp3) is 0.682. The van der Waals surface area contributed by atoms with Crippen LogP contribution in [0.3, 0.4) is 0 Å². The smallest absolute Gasteiger partial charge is 0.320 e. The van der Waals surface area contributed by atoms with Crippen LogP contribution in [0.4, 0.5) is 11.6 Å². The summed E-state index contributed by atoms with van der Waals surface area (Å²) < 4.78 is 16.3. The highest BCUT2D eigenvalue weighted by atomic mass is 16.6. The van der Waals surface area contributed by atoms with Gasteiger partial charge in [0, 0.05) is 38.8 Å². The molecule has 0 amide bonds. The van der Waals surface area contributed by atoms with Crippen LogP contribution in [0.25, 0.3) is 0 Å². The van der Waals surface area contributed by atoms with Gasteiger partial charge in [0.05, 0.1) is 18.9 Å². The van der Waals surface area contributed by atoms with Crippen molar-refractivity contribution in [1.82, 2.24) is 25.2 Å². The van der Waals surface area contributed by atoms with Gasteiger partial charge in [-0.3, -0.25) is 10.3 Å². The number of anilines is 2. The molecule has 2 aliphatic rings. The largest absolute Gasteiger partial charge is 0.462 e. The van der Waals surface area contributed by atoms with Crippen LogP contribution >= 0.6 is 0 Å². The Kier molecular flexibility index (Phi) is 8.42. The third kappa shape index (κ3) is 6.38. The number of nitrogens with one attached hydrogen (secondary N) is 1. The summed E-state index contributed by atoms with van der Waals surface area (Å²) in [5, 5.41) is 12.6. The van der Waals surface area contributed by atoms with Crippen LogP contribution in [0, 0.1) is 0 Å². The molecule has 0 unspecified atom stereocenters. The lowest BCUT2D eigenvalue weighted by atomic mass is 9.99. The zero-order chi connectivity index (χ0) is 22.9. The number of hydrazone groups is 1. The third-order valence-corrected chi connectivity index (χ3v) is 5.71. The zero-order valence-corrected chi connectivity index (χ0v) is 19.6. The predicted octanol–water partition coefficient (Wildman–Crippen LogP) is 2.35. The first-order valence-corrected chi connectivity index (χ1v) is 12.0. The molecule has 0 aromatic carbocycles. The monoisotopic (exact) mass is 458 g/mol. The van der Waals surface area contributed by atoms with Crippen molar-refractivity contribution in [1.29, 1.82) is 0 Å². The van der Waals surface area contributed by atoms with E-state index >= 15 is 0 Å². The molecule has 180 valence electrons. The van der Waals surface area contributed by atoms with Gasteiger partial charge in [-0.2, -0.15) is 15.1 Å². The number of nitrogens with zero attached hydrogens (tertiary/aromatic N) is 7. The molecule has 1 aliphatic carbocycles. The van der Waals surface area contributed by atoms with Crippen LogP contribution in [0.1, 0.15) is 50.9 Å². The Morgan fingerprint density at radius 3 is 2.73 bits per heavy atom. The summed E-state index contributed by atoms with van der Waals surface area (Å²) >= 11 is 0. The molecule has 0 bridgehead atoms. The number of aryl methyl sites for hydroxylation is 1. The molecule has 1 saturated heterocycles. The Morgan fingerprint density at radius 1 is 1.12 bits per heavy atom. The number of aromatic nitrogens is 4.